The van der Waals surface area contributed by atoms with Gasteiger partial charge in [-0.15, -0.1) is 0 Å². The van der Waals surface area contributed by atoms with Crippen LogP contribution in [0.3, 0.4) is 0 Å². The number of hydrogen-bond acceptors (Lipinski definition) is 2. The summed E-state index contributed by atoms with van der Waals surface area (Å²) in [6, 6.07) is 0.285. The van der Waals surface area contributed by atoms with Crippen LogP contribution in [0.1, 0.15) is 47.0 Å². The summed E-state index contributed by atoms with van der Waals surface area (Å²) in [5.41, 5.74) is 5.93. The number of hydrogen-bond donors (Lipinski definition) is 1. The third kappa shape index (κ3) is 3.28. The average molecular weight is 185 g/mol. The number of ether oxygens (including phenoxy) is 1. The van der Waals surface area contributed by atoms with Crippen LogP contribution in [0.5, 0.6) is 0 Å². The third-order valence-corrected chi connectivity index (χ3v) is 3.09. The zero-order valence-electron chi connectivity index (χ0n) is 9.34. The Balaban J connectivity index is 2.32. The Morgan fingerprint density at radius 1 is 1.46 bits per heavy atom. The van der Waals surface area contributed by atoms with Crippen molar-refractivity contribution in [1.29, 1.82) is 0 Å². The van der Waals surface area contributed by atoms with Crippen LogP contribution in [0, 0.1) is 5.92 Å². The van der Waals surface area contributed by atoms with Crippen LogP contribution in [0.4, 0.5) is 0 Å². The number of nitrogens with two attached hydrogens (primary N) is 1. The van der Waals surface area contributed by atoms with E-state index in [4.69, 9.17) is 10.5 Å². The minimum atomic E-state index is 0.0994. The summed E-state index contributed by atoms with van der Waals surface area (Å²) in [6.45, 7) is 8.62. The van der Waals surface area contributed by atoms with Gasteiger partial charge >= 0.3 is 0 Å². The molecule has 3 atom stereocenters. The molecule has 0 bridgehead atoms. The summed E-state index contributed by atoms with van der Waals surface area (Å²) < 4.78 is 5.91. The van der Waals surface area contributed by atoms with E-state index in [1.54, 1.807) is 0 Å². The molecule has 13 heavy (non-hydrogen) atoms. The number of rotatable bonds is 3. The van der Waals surface area contributed by atoms with E-state index < -0.39 is 0 Å². The van der Waals surface area contributed by atoms with Gasteiger partial charge in [0.05, 0.1) is 11.7 Å². The van der Waals surface area contributed by atoms with Crippen molar-refractivity contribution in [2.45, 2.75) is 64.7 Å². The zero-order valence-corrected chi connectivity index (χ0v) is 9.34. The molecular weight excluding hydrogens is 162 g/mol. The van der Waals surface area contributed by atoms with E-state index >= 15 is 0 Å². The van der Waals surface area contributed by atoms with Gasteiger partial charge in [0.2, 0.25) is 0 Å². The molecule has 2 N–H and O–H groups in total. The highest BCUT2D eigenvalue weighted by Crippen LogP contribution is 2.32. The first-order valence-electron chi connectivity index (χ1n) is 5.34. The van der Waals surface area contributed by atoms with E-state index in [1.165, 1.54) is 12.8 Å². The topological polar surface area (TPSA) is 35.2 Å². The highest BCUT2D eigenvalue weighted by molar-refractivity contribution is 4.82. The molecule has 0 spiro atoms. The van der Waals surface area contributed by atoms with Crippen molar-refractivity contribution in [3.63, 3.8) is 0 Å². The van der Waals surface area contributed by atoms with Gasteiger partial charge in [0.1, 0.15) is 0 Å². The van der Waals surface area contributed by atoms with Crippen molar-refractivity contribution >= 4 is 0 Å². The Labute approximate surface area is 81.8 Å². The predicted molar refractivity (Wildman–Crippen MR) is 55.6 cm³/mol. The quantitative estimate of drug-likeness (QED) is 0.732. The molecule has 1 aliphatic rings. The highest BCUT2D eigenvalue weighted by atomic mass is 16.5. The van der Waals surface area contributed by atoms with E-state index in [0.29, 0.717) is 12.0 Å². The van der Waals surface area contributed by atoms with Gasteiger partial charge in [0.15, 0.2) is 0 Å². The van der Waals surface area contributed by atoms with Gasteiger partial charge in [0.25, 0.3) is 0 Å². The Kier molecular flexibility index (Phi) is 3.36. The predicted octanol–water partition coefficient (Wildman–Crippen LogP) is 2.32. The fourth-order valence-electron chi connectivity index (χ4n) is 1.87. The molecule has 3 unspecified atom stereocenters. The molecule has 1 rings (SSSR count). The fraction of sp³-hybridized carbons (Fsp3) is 1.00. The van der Waals surface area contributed by atoms with Gasteiger partial charge < -0.3 is 10.5 Å². The molecule has 0 saturated carbocycles. The summed E-state index contributed by atoms with van der Waals surface area (Å²) in [5.74, 6) is 0.568. The molecule has 1 aliphatic heterocycles. The van der Waals surface area contributed by atoms with Crippen LogP contribution in [0.2, 0.25) is 0 Å². The van der Waals surface area contributed by atoms with Crippen molar-refractivity contribution in [2.75, 3.05) is 0 Å². The first-order chi connectivity index (χ1) is 5.91. The molecule has 0 aromatic heterocycles. The molecule has 0 aliphatic carbocycles. The summed E-state index contributed by atoms with van der Waals surface area (Å²) in [4.78, 5) is 0. The summed E-state index contributed by atoms with van der Waals surface area (Å²) in [7, 11) is 0. The summed E-state index contributed by atoms with van der Waals surface area (Å²) in [6.07, 6.45) is 3.94. The molecule has 0 aromatic carbocycles. The Morgan fingerprint density at radius 3 is 2.46 bits per heavy atom. The first-order valence-corrected chi connectivity index (χ1v) is 5.34. The van der Waals surface area contributed by atoms with Crippen molar-refractivity contribution in [3.05, 3.63) is 0 Å². The molecule has 78 valence electrons. The van der Waals surface area contributed by atoms with Gasteiger partial charge in [-0.1, -0.05) is 6.92 Å². The Bertz CT molecular complexity index is 165. The monoisotopic (exact) mass is 185 g/mol. The second-order valence-corrected chi connectivity index (χ2v) is 5.11. The summed E-state index contributed by atoms with van der Waals surface area (Å²) >= 11 is 0. The molecular formula is C11H23NO. The van der Waals surface area contributed by atoms with Crippen molar-refractivity contribution in [3.8, 4) is 0 Å². The molecule has 0 radical (unpaired) electrons. The van der Waals surface area contributed by atoms with Crippen LogP contribution in [0.25, 0.3) is 0 Å². The maximum Gasteiger partial charge on any atom is 0.0631 e. The smallest absolute Gasteiger partial charge is 0.0631 e. The van der Waals surface area contributed by atoms with Gasteiger partial charge in [-0.3, -0.25) is 0 Å². The lowest BCUT2D eigenvalue weighted by atomic mass is 9.95. The van der Waals surface area contributed by atoms with Crippen LogP contribution >= 0.6 is 0 Å². The minimum Gasteiger partial charge on any atom is -0.372 e. The maximum atomic E-state index is 5.91. The summed E-state index contributed by atoms with van der Waals surface area (Å²) in [5, 5.41) is 0. The molecule has 0 aromatic rings. The van der Waals surface area contributed by atoms with E-state index in [9.17, 15) is 0 Å². The second kappa shape index (κ2) is 3.97. The van der Waals surface area contributed by atoms with E-state index in [1.807, 2.05) is 0 Å². The molecule has 1 saturated heterocycles. The molecule has 2 nitrogen and oxygen atoms in total. The largest absolute Gasteiger partial charge is 0.372 e. The zero-order chi connectivity index (χ0) is 10.1. The molecule has 1 heterocycles. The molecule has 0 amide bonds. The van der Waals surface area contributed by atoms with E-state index in [-0.39, 0.29) is 11.6 Å². The average Bonchev–Trinajstić information content (AvgIpc) is 2.30. The van der Waals surface area contributed by atoms with Gasteiger partial charge in [0, 0.05) is 6.04 Å². The normalized spacial score (nSPS) is 31.6. The van der Waals surface area contributed by atoms with E-state index in [0.717, 1.165) is 6.42 Å². The Hall–Kier alpha value is -0.0800. The molecule has 1 fully saturated rings. The van der Waals surface area contributed by atoms with Crippen LogP contribution in [-0.4, -0.2) is 17.7 Å². The van der Waals surface area contributed by atoms with Gasteiger partial charge in [-0.05, 0) is 46.0 Å². The lowest BCUT2D eigenvalue weighted by Crippen LogP contribution is -2.28. The minimum absolute atomic E-state index is 0.0994. The van der Waals surface area contributed by atoms with Crippen LogP contribution < -0.4 is 5.73 Å². The van der Waals surface area contributed by atoms with Crippen molar-refractivity contribution in [2.24, 2.45) is 11.7 Å². The SMILES string of the molecule is CC(N)C(C)CC1CCC(C)(C)O1. The van der Waals surface area contributed by atoms with Crippen molar-refractivity contribution in [1.82, 2.24) is 0 Å². The van der Waals surface area contributed by atoms with Gasteiger partial charge in [-0.2, -0.15) is 0 Å². The lowest BCUT2D eigenvalue weighted by Gasteiger charge is -2.23. The van der Waals surface area contributed by atoms with Crippen LogP contribution in [-0.2, 0) is 4.74 Å². The first kappa shape index (κ1) is 11.0. The highest BCUT2D eigenvalue weighted by Gasteiger charge is 2.32. The third-order valence-electron chi connectivity index (χ3n) is 3.09. The fourth-order valence-corrected chi connectivity index (χ4v) is 1.87. The second-order valence-electron chi connectivity index (χ2n) is 5.11. The van der Waals surface area contributed by atoms with Gasteiger partial charge in [-0.25, -0.2) is 0 Å². The standard InChI is InChI=1S/C11H23NO/c1-8(9(2)12)7-10-5-6-11(3,4)13-10/h8-10H,5-7,12H2,1-4H3. The van der Waals surface area contributed by atoms with Crippen molar-refractivity contribution < 1.29 is 4.74 Å². The Morgan fingerprint density at radius 2 is 2.08 bits per heavy atom. The van der Waals surface area contributed by atoms with Crippen LogP contribution in [0.15, 0.2) is 0 Å². The van der Waals surface area contributed by atoms with E-state index in [2.05, 4.69) is 27.7 Å². The lowest BCUT2D eigenvalue weighted by molar-refractivity contribution is -0.0246. The molecule has 2 heteroatoms. The maximum absolute atomic E-state index is 5.91.